The van der Waals surface area contributed by atoms with Gasteiger partial charge in [-0.1, -0.05) is 23.7 Å². The van der Waals surface area contributed by atoms with Crippen molar-refractivity contribution in [2.45, 2.75) is 19.3 Å². The highest BCUT2D eigenvalue weighted by Gasteiger charge is 2.21. The number of anilines is 1. The number of aromatic nitrogens is 2. The SMILES string of the molecule is O=C(NO)c1cnc(N2CCC(CNCC3=CCc4ccc(Cl)cc43)CC2)nc1. The van der Waals surface area contributed by atoms with Crippen LogP contribution in [0.1, 0.15) is 34.3 Å². The Morgan fingerprint density at radius 3 is 2.72 bits per heavy atom. The van der Waals surface area contributed by atoms with Crippen LogP contribution in [0, 0.1) is 5.92 Å². The molecule has 2 aliphatic rings. The summed E-state index contributed by atoms with van der Waals surface area (Å²) in [5, 5.41) is 13.1. The first kappa shape index (κ1) is 19.8. The van der Waals surface area contributed by atoms with Crippen LogP contribution >= 0.6 is 11.6 Å². The smallest absolute Gasteiger partial charge is 0.277 e. The Labute approximate surface area is 174 Å². The lowest BCUT2D eigenvalue weighted by atomic mass is 9.96. The number of nitrogens with zero attached hydrogens (tertiary/aromatic N) is 3. The van der Waals surface area contributed by atoms with Gasteiger partial charge in [-0.15, -0.1) is 0 Å². The molecule has 0 saturated carbocycles. The van der Waals surface area contributed by atoms with Crippen molar-refractivity contribution < 1.29 is 10.0 Å². The lowest BCUT2D eigenvalue weighted by Gasteiger charge is -2.32. The van der Waals surface area contributed by atoms with Gasteiger partial charge in [-0.3, -0.25) is 10.0 Å². The first-order valence-corrected chi connectivity index (χ1v) is 10.2. The minimum Gasteiger partial charge on any atom is -0.341 e. The molecule has 7 nitrogen and oxygen atoms in total. The number of carbonyl (C=O) groups is 1. The number of allylic oxidation sites excluding steroid dienone is 1. The Bertz CT molecular complexity index is 908. The van der Waals surface area contributed by atoms with Gasteiger partial charge in [0, 0.05) is 37.1 Å². The van der Waals surface area contributed by atoms with Crippen molar-refractivity contribution in [1.29, 1.82) is 0 Å². The molecule has 1 aliphatic carbocycles. The van der Waals surface area contributed by atoms with E-state index in [1.54, 1.807) is 5.48 Å². The number of halogens is 1. The van der Waals surface area contributed by atoms with Crippen LogP contribution in [0.4, 0.5) is 5.95 Å². The lowest BCUT2D eigenvalue weighted by molar-refractivity contribution is 0.0705. The first-order valence-electron chi connectivity index (χ1n) is 9.84. The van der Waals surface area contributed by atoms with E-state index in [1.165, 1.54) is 29.1 Å². The number of piperidine rings is 1. The van der Waals surface area contributed by atoms with Gasteiger partial charge in [-0.05, 0) is 60.6 Å². The van der Waals surface area contributed by atoms with Crippen LogP contribution < -0.4 is 15.7 Å². The average molecular weight is 414 g/mol. The molecule has 8 heteroatoms. The molecule has 1 aliphatic heterocycles. The maximum absolute atomic E-state index is 11.4. The topological polar surface area (TPSA) is 90.4 Å². The maximum Gasteiger partial charge on any atom is 0.277 e. The number of nitrogens with one attached hydrogen (secondary N) is 2. The van der Waals surface area contributed by atoms with E-state index < -0.39 is 5.91 Å². The zero-order valence-electron chi connectivity index (χ0n) is 16.1. The minimum absolute atomic E-state index is 0.236. The van der Waals surface area contributed by atoms with Crippen molar-refractivity contribution >= 4 is 29.0 Å². The zero-order chi connectivity index (χ0) is 20.2. The van der Waals surface area contributed by atoms with Crippen LogP contribution in [0.5, 0.6) is 0 Å². The molecule has 1 fully saturated rings. The van der Waals surface area contributed by atoms with Gasteiger partial charge in [0.05, 0.1) is 5.56 Å². The van der Waals surface area contributed by atoms with E-state index in [4.69, 9.17) is 16.8 Å². The van der Waals surface area contributed by atoms with Gasteiger partial charge in [-0.2, -0.15) is 0 Å². The fourth-order valence-corrected chi connectivity index (χ4v) is 4.12. The molecule has 0 atom stereocenters. The van der Waals surface area contributed by atoms with Crippen LogP contribution in [-0.4, -0.2) is 47.3 Å². The Morgan fingerprint density at radius 2 is 2.00 bits per heavy atom. The van der Waals surface area contributed by atoms with Crippen molar-refractivity contribution in [1.82, 2.24) is 20.8 Å². The van der Waals surface area contributed by atoms with E-state index in [1.807, 2.05) is 6.07 Å². The summed E-state index contributed by atoms with van der Waals surface area (Å²) in [4.78, 5) is 22.0. The van der Waals surface area contributed by atoms with Gasteiger partial charge in [0.15, 0.2) is 0 Å². The number of amides is 1. The normalized spacial score (nSPS) is 16.5. The van der Waals surface area contributed by atoms with Crippen molar-refractivity contribution in [3.8, 4) is 0 Å². The van der Waals surface area contributed by atoms with E-state index in [0.29, 0.717) is 11.9 Å². The van der Waals surface area contributed by atoms with Gasteiger partial charge in [-0.25, -0.2) is 15.4 Å². The van der Waals surface area contributed by atoms with Crippen LogP contribution in [0.25, 0.3) is 5.57 Å². The third-order valence-corrected chi connectivity index (χ3v) is 5.87. The second-order valence-electron chi connectivity index (χ2n) is 7.51. The van der Waals surface area contributed by atoms with Gasteiger partial charge in [0.25, 0.3) is 5.91 Å². The van der Waals surface area contributed by atoms with Crippen LogP contribution in [-0.2, 0) is 6.42 Å². The average Bonchev–Trinajstić information content (AvgIpc) is 3.16. The summed E-state index contributed by atoms with van der Waals surface area (Å²) < 4.78 is 0. The predicted molar refractivity (Wildman–Crippen MR) is 112 cm³/mol. The zero-order valence-corrected chi connectivity index (χ0v) is 16.8. The number of hydrogen-bond donors (Lipinski definition) is 3. The second kappa shape index (κ2) is 8.90. The largest absolute Gasteiger partial charge is 0.341 e. The molecule has 1 saturated heterocycles. The maximum atomic E-state index is 11.4. The summed E-state index contributed by atoms with van der Waals surface area (Å²) in [5.74, 6) is 0.630. The molecule has 0 spiro atoms. The van der Waals surface area contributed by atoms with E-state index >= 15 is 0 Å². The van der Waals surface area contributed by atoms with Gasteiger partial charge in [0.1, 0.15) is 0 Å². The molecule has 3 N–H and O–H groups in total. The molecule has 2 aromatic rings. The highest BCUT2D eigenvalue weighted by Crippen LogP contribution is 2.29. The van der Waals surface area contributed by atoms with Crippen LogP contribution in [0.15, 0.2) is 36.7 Å². The minimum atomic E-state index is -0.608. The van der Waals surface area contributed by atoms with E-state index in [9.17, 15) is 4.79 Å². The standard InChI is InChI=1S/C21H24ClN5O2/c22-18-4-3-15-1-2-16(19(15)9-18)11-23-10-14-5-7-27(8-6-14)21-24-12-17(13-25-21)20(28)26-29/h2-4,9,12-14,23,29H,1,5-8,10-11H2,(H,26,28). The molecule has 2 heterocycles. The summed E-state index contributed by atoms with van der Waals surface area (Å²) in [5.41, 5.74) is 5.78. The monoisotopic (exact) mass is 413 g/mol. The second-order valence-corrected chi connectivity index (χ2v) is 7.95. The van der Waals surface area contributed by atoms with E-state index in [-0.39, 0.29) is 5.56 Å². The van der Waals surface area contributed by atoms with Gasteiger partial charge < -0.3 is 10.2 Å². The quantitative estimate of drug-likeness (QED) is 0.498. The Morgan fingerprint density at radius 1 is 1.24 bits per heavy atom. The molecule has 4 rings (SSSR count). The third-order valence-electron chi connectivity index (χ3n) is 5.63. The molecule has 1 aromatic heterocycles. The molecule has 0 radical (unpaired) electrons. The number of carbonyl (C=O) groups excluding carboxylic acids is 1. The molecular weight excluding hydrogens is 390 g/mol. The number of hydroxylamine groups is 1. The molecule has 1 aromatic carbocycles. The number of rotatable bonds is 6. The summed E-state index contributed by atoms with van der Waals surface area (Å²) in [6.07, 6.45) is 8.27. The Hall–Kier alpha value is -2.48. The molecule has 0 bridgehead atoms. The van der Waals surface area contributed by atoms with Gasteiger partial charge >= 0.3 is 0 Å². The van der Waals surface area contributed by atoms with Crippen molar-refractivity contribution in [3.05, 3.63) is 58.4 Å². The summed E-state index contributed by atoms with van der Waals surface area (Å²) in [6.45, 7) is 3.63. The summed E-state index contributed by atoms with van der Waals surface area (Å²) in [7, 11) is 0. The number of benzene rings is 1. The van der Waals surface area contributed by atoms with Crippen molar-refractivity contribution in [2.24, 2.45) is 5.92 Å². The fraction of sp³-hybridized carbons (Fsp3) is 0.381. The summed E-state index contributed by atoms with van der Waals surface area (Å²) >= 11 is 6.15. The Kier molecular flexibility index (Phi) is 6.08. The predicted octanol–water partition coefficient (Wildman–Crippen LogP) is 2.69. The Balaban J connectivity index is 1.23. The van der Waals surface area contributed by atoms with Gasteiger partial charge in [0.2, 0.25) is 5.95 Å². The number of hydrogen-bond acceptors (Lipinski definition) is 6. The lowest BCUT2D eigenvalue weighted by Crippen LogP contribution is -2.38. The number of fused-ring (bicyclic) bond motifs is 1. The molecule has 1 amide bonds. The fourth-order valence-electron chi connectivity index (χ4n) is 3.95. The highest BCUT2D eigenvalue weighted by molar-refractivity contribution is 6.30. The van der Waals surface area contributed by atoms with Crippen LogP contribution in [0.2, 0.25) is 5.02 Å². The highest BCUT2D eigenvalue weighted by atomic mass is 35.5. The summed E-state index contributed by atoms with van der Waals surface area (Å²) in [6, 6.07) is 6.13. The molecule has 0 unspecified atom stereocenters. The van der Waals surface area contributed by atoms with Crippen molar-refractivity contribution in [2.75, 3.05) is 31.1 Å². The van der Waals surface area contributed by atoms with Crippen molar-refractivity contribution in [3.63, 3.8) is 0 Å². The van der Waals surface area contributed by atoms with E-state index in [2.05, 4.69) is 38.4 Å². The third kappa shape index (κ3) is 4.58. The van der Waals surface area contributed by atoms with E-state index in [0.717, 1.165) is 50.5 Å². The molecular formula is C21H24ClN5O2. The van der Waals surface area contributed by atoms with Crippen LogP contribution in [0.3, 0.4) is 0 Å². The molecule has 152 valence electrons. The molecule has 29 heavy (non-hydrogen) atoms. The first-order chi connectivity index (χ1) is 14.1.